The molecule has 37 heavy (non-hydrogen) atoms. The predicted molar refractivity (Wildman–Crippen MR) is 126 cm³/mol. The first-order valence-electron chi connectivity index (χ1n) is 12.3. The van der Waals surface area contributed by atoms with Gasteiger partial charge < -0.3 is 4.90 Å². The minimum atomic E-state index is -1.05. The van der Waals surface area contributed by atoms with Crippen LogP contribution in [0.2, 0.25) is 0 Å². The van der Waals surface area contributed by atoms with Crippen LogP contribution in [0.15, 0.2) is 36.4 Å². The standard InChI is InChI=1S/C27H25F2N3O5/c28-20-6-4-17(14-21(20)29)25(35)31-11-9-15(10-12-31)1-2-16-3-5-18-19(13-16)27(37)32(26(18)36)22-7-8-23(33)30-24(22)34/h3-6,13-15,22H,1-2,7-12H2,(H,30,33,34). The molecule has 2 aromatic carbocycles. The highest BCUT2D eigenvalue weighted by atomic mass is 19.2. The molecule has 3 aliphatic heterocycles. The SMILES string of the molecule is O=C1CCC(N2C(=O)c3ccc(CCC4CCN(C(=O)c5ccc(F)c(F)c5)CC4)cc3C2=O)C(=O)N1. The van der Waals surface area contributed by atoms with E-state index in [0.29, 0.717) is 25.4 Å². The molecular weight excluding hydrogens is 484 g/mol. The normalized spacial score (nSPS) is 20.3. The molecule has 0 aliphatic carbocycles. The lowest BCUT2D eigenvalue weighted by Gasteiger charge is -2.32. The molecule has 1 atom stereocenters. The maximum atomic E-state index is 13.5. The van der Waals surface area contributed by atoms with Crippen LogP contribution in [0.1, 0.15) is 68.7 Å². The summed E-state index contributed by atoms with van der Waals surface area (Å²) in [6.45, 7) is 1.03. The molecule has 0 spiro atoms. The van der Waals surface area contributed by atoms with E-state index in [1.54, 1.807) is 23.1 Å². The summed E-state index contributed by atoms with van der Waals surface area (Å²) in [5.41, 5.74) is 1.54. The van der Waals surface area contributed by atoms with Crippen molar-refractivity contribution in [2.75, 3.05) is 13.1 Å². The second-order valence-electron chi connectivity index (χ2n) is 9.73. The van der Waals surface area contributed by atoms with Gasteiger partial charge in [0.05, 0.1) is 11.1 Å². The summed E-state index contributed by atoms with van der Waals surface area (Å²) in [6, 6.07) is 7.28. The van der Waals surface area contributed by atoms with Gasteiger partial charge in [-0.1, -0.05) is 6.07 Å². The minimum absolute atomic E-state index is 0.0697. The quantitative estimate of drug-likeness (QED) is 0.625. The van der Waals surface area contributed by atoms with Gasteiger partial charge in [-0.2, -0.15) is 0 Å². The number of piperidine rings is 2. The molecule has 2 fully saturated rings. The zero-order valence-corrected chi connectivity index (χ0v) is 20.0. The number of imide groups is 2. The van der Waals surface area contributed by atoms with Crippen molar-refractivity contribution < 1.29 is 32.8 Å². The van der Waals surface area contributed by atoms with E-state index in [-0.39, 0.29) is 35.4 Å². The lowest BCUT2D eigenvalue weighted by molar-refractivity contribution is -0.136. The summed E-state index contributed by atoms with van der Waals surface area (Å²) in [4.78, 5) is 64.7. The van der Waals surface area contributed by atoms with Crippen molar-refractivity contribution in [1.29, 1.82) is 0 Å². The Morgan fingerprint density at radius 3 is 2.32 bits per heavy atom. The molecule has 2 aromatic rings. The fourth-order valence-corrected chi connectivity index (χ4v) is 5.28. The molecular formula is C27H25F2N3O5. The van der Waals surface area contributed by atoms with Crippen LogP contribution in [-0.4, -0.2) is 58.5 Å². The Bertz CT molecular complexity index is 1320. The maximum Gasteiger partial charge on any atom is 0.262 e. The van der Waals surface area contributed by atoms with Crippen molar-refractivity contribution in [3.8, 4) is 0 Å². The van der Waals surface area contributed by atoms with Crippen molar-refractivity contribution in [2.24, 2.45) is 5.92 Å². The lowest BCUT2D eigenvalue weighted by Crippen LogP contribution is -2.54. The second kappa shape index (κ2) is 9.84. The number of hydrogen-bond donors (Lipinski definition) is 1. The summed E-state index contributed by atoms with van der Waals surface area (Å²) in [5.74, 6) is -4.12. The first-order chi connectivity index (χ1) is 17.7. The van der Waals surface area contributed by atoms with Gasteiger partial charge in [0, 0.05) is 25.1 Å². The van der Waals surface area contributed by atoms with Gasteiger partial charge in [0.1, 0.15) is 6.04 Å². The molecule has 0 radical (unpaired) electrons. The van der Waals surface area contributed by atoms with Gasteiger partial charge >= 0.3 is 0 Å². The van der Waals surface area contributed by atoms with Gasteiger partial charge in [0.2, 0.25) is 11.8 Å². The molecule has 3 aliphatic rings. The third-order valence-corrected chi connectivity index (χ3v) is 7.41. The number of hydrogen-bond acceptors (Lipinski definition) is 5. The number of carbonyl (C=O) groups is 5. The van der Waals surface area contributed by atoms with E-state index in [1.165, 1.54) is 6.07 Å². The van der Waals surface area contributed by atoms with Crippen LogP contribution < -0.4 is 5.32 Å². The Morgan fingerprint density at radius 1 is 0.892 bits per heavy atom. The Balaban J connectivity index is 1.17. The molecule has 5 amide bonds. The molecule has 2 saturated heterocycles. The van der Waals surface area contributed by atoms with Crippen LogP contribution in [0, 0.1) is 17.6 Å². The Labute approximate surface area is 211 Å². The van der Waals surface area contributed by atoms with Crippen LogP contribution in [-0.2, 0) is 16.0 Å². The van der Waals surface area contributed by atoms with E-state index in [0.717, 1.165) is 41.9 Å². The van der Waals surface area contributed by atoms with Crippen LogP contribution in [0.3, 0.4) is 0 Å². The van der Waals surface area contributed by atoms with Crippen molar-refractivity contribution in [3.05, 3.63) is 70.3 Å². The largest absolute Gasteiger partial charge is 0.339 e. The average Bonchev–Trinajstić information content (AvgIpc) is 3.13. The van der Waals surface area contributed by atoms with E-state index in [9.17, 15) is 32.8 Å². The highest BCUT2D eigenvalue weighted by Gasteiger charge is 2.44. The number of amides is 5. The minimum Gasteiger partial charge on any atom is -0.339 e. The van der Waals surface area contributed by atoms with Gasteiger partial charge in [-0.05, 0) is 73.9 Å². The number of benzene rings is 2. The summed E-state index contributed by atoms with van der Waals surface area (Å²) in [5, 5.41) is 2.19. The van der Waals surface area contributed by atoms with Gasteiger partial charge in [-0.15, -0.1) is 0 Å². The second-order valence-corrected chi connectivity index (χ2v) is 9.73. The van der Waals surface area contributed by atoms with Gasteiger partial charge in [-0.3, -0.25) is 34.2 Å². The maximum absolute atomic E-state index is 13.5. The summed E-state index contributed by atoms with van der Waals surface area (Å²) >= 11 is 0. The molecule has 10 heteroatoms. The van der Waals surface area contributed by atoms with Gasteiger partial charge in [-0.25, -0.2) is 8.78 Å². The first kappa shape index (κ1) is 24.7. The molecule has 1 N–H and O–H groups in total. The smallest absolute Gasteiger partial charge is 0.262 e. The lowest BCUT2D eigenvalue weighted by atomic mass is 9.89. The molecule has 1 unspecified atom stereocenters. The van der Waals surface area contributed by atoms with Crippen LogP contribution >= 0.6 is 0 Å². The molecule has 0 aromatic heterocycles. The topological polar surface area (TPSA) is 104 Å². The summed E-state index contributed by atoms with van der Waals surface area (Å²) in [7, 11) is 0. The van der Waals surface area contributed by atoms with Crippen LogP contribution in [0.4, 0.5) is 8.78 Å². The average molecular weight is 510 g/mol. The number of nitrogens with one attached hydrogen (secondary N) is 1. The number of halogens is 2. The van der Waals surface area contributed by atoms with E-state index in [4.69, 9.17) is 0 Å². The number of aryl methyl sites for hydroxylation is 1. The predicted octanol–water partition coefficient (Wildman–Crippen LogP) is 2.85. The zero-order valence-electron chi connectivity index (χ0n) is 20.0. The molecule has 192 valence electrons. The van der Waals surface area contributed by atoms with Crippen molar-refractivity contribution in [3.63, 3.8) is 0 Å². The van der Waals surface area contributed by atoms with Gasteiger partial charge in [0.25, 0.3) is 17.7 Å². The fraction of sp³-hybridized carbons (Fsp3) is 0.370. The molecule has 5 rings (SSSR count). The highest BCUT2D eigenvalue weighted by Crippen LogP contribution is 2.30. The zero-order chi connectivity index (χ0) is 26.3. The number of likely N-dealkylation sites (tertiary alicyclic amines) is 1. The van der Waals surface area contributed by atoms with Crippen LogP contribution in [0.5, 0.6) is 0 Å². The molecule has 0 saturated carbocycles. The third kappa shape index (κ3) is 4.75. The summed E-state index contributed by atoms with van der Waals surface area (Å²) in [6.07, 6.45) is 3.21. The monoisotopic (exact) mass is 509 g/mol. The third-order valence-electron chi connectivity index (χ3n) is 7.41. The van der Waals surface area contributed by atoms with E-state index in [2.05, 4.69) is 5.32 Å². The van der Waals surface area contributed by atoms with Gasteiger partial charge in [0.15, 0.2) is 11.6 Å². The Kier molecular flexibility index (Phi) is 6.57. The van der Waals surface area contributed by atoms with E-state index < -0.39 is 41.3 Å². The molecule has 0 bridgehead atoms. The first-order valence-corrected chi connectivity index (χ1v) is 12.3. The molecule has 8 nitrogen and oxygen atoms in total. The number of nitrogens with zero attached hydrogens (tertiary/aromatic N) is 2. The Morgan fingerprint density at radius 2 is 1.62 bits per heavy atom. The number of carbonyl (C=O) groups excluding carboxylic acids is 5. The Hall–Kier alpha value is -3.95. The molecule has 3 heterocycles. The highest BCUT2D eigenvalue weighted by molar-refractivity contribution is 6.23. The fourth-order valence-electron chi connectivity index (χ4n) is 5.28. The van der Waals surface area contributed by atoms with Crippen LogP contribution in [0.25, 0.3) is 0 Å². The summed E-state index contributed by atoms with van der Waals surface area (Å²) < 4.78 is 26.7. The number of fused-ring (bicyclic) bond motifs is 1. The van der Waals surface area contributed by atoms with Crippen molar-refractivity contribution >= 4 is 29.5 Å². The van der Waals surface area contributed by atoms with Crippen molar-refractivity contribution in [2.45, 2.75) is 44.6 Å². The van der Waals surface area contributed by atoms with E-state index >= 15 is 0 Å². The van der Waals surface area contributed by atoms with E-state index in [1.807, 2.05) is 0 Å². The number of rotatable bonds is 5. The van der Waals surface area contributed by atoms with Crippen molar-refractivity contribution in [1.82, 2.24) is 15.1 Å².